The van der Waals surface area contributed by atoms with Crippen LogP contribution in [0.1, 0.15) is 84.0 Å². The monoisotopic (exact) mass is 261 g/mol. The lowest BCUT2D eigenvalue weighted by Gasteiger charge is -2.36. The number of hydrogen-bond acceptors (Lipinski definition) is 1. The van der Waals surface area contributed by atoms with Crippen LogP contribution in [0, 0.1) is 35.0 Å². The molecule has 0 aromatic rings. The molecule has 0 bridgehead atoms. The van der Waals surface area contributed by atoms with Crippen LogP contribution in [0.2, 0.25) is 0 Å². The molecule has 1 nitrogen and oxygen atoms in total. The minimum atomic E-state index is 0.263. The van der Waals surface area contributed by atoms with Crippen LogP contribution in [0.5, 0.6) is 0 Å². The molecule has 2 fully saturated rings. The molecule has 1 atom stereocenters. The zero-order chi connectivity index (χ0) is 13.5. The van der Waals surface area contributed by atoms with Gasteiger partial charge in [0.1, 0.15) is 0 Å². The second kappa shape index (κ2) is 7.93. The van der Waals surface area contributed by atoms with Crippen molar-refractivity contribution in [2.24, 2.45) is 23.7 Å². The topological polar surface area (TPSA) is 23.8 Å². The van der Waals surface area contributed by atoms with Crippen molar-refractivity contribution in [1.82, 2.24) is 0 Å². The molecule has 2 aliphatic rings. The Morgan fingerprint density at radius 1 is 0.947 bits per heavy atom. The number of rotatable bonds is 5. The van der Waals surface area contributed by atoms with Crippen molar-refractivity contribution >= 4 is 0 Å². The highest BCUT2D eigenvalue weighted by Crippen LogP contribution is 2.41. The third-order valence-corrected chi connectivity index (χ3v) is 5.68. The first-order valence-electron chi connectivity index (χ1n) is 8.69. The Balaban J connectivity index is 1.61. The summed E-state index contributed by atoms with van der Waals surface area (Å²) in [4.78, 5) is 0. The van der Waals surface area contributed by atoms with Crippen molar-refractivity contribution in [3.63, 3.8) is 0 Å². The van der Waals surface area contributed by atoms with E-state index in [4.69, 9.17) is 5.26 Å². The summed E-state index contributed by atoms with van der Waals surface area (Å²) in [7, 11) is 0. The lowest BCUT2D eigenvalue weighted by atomic mass is 9.70. The molecule has 1 unspecified atom stereocenters. The SMILES string of the molecule is CC(C#N)CCC[C@H]1CC[C@H](C2CCCCC2)CC1. The predicted molar refractivity (Wildman–Crippen MR) is 80.7 cm³/mol. The number of nitrogens with zero attached hydrogens (tertiary/aromatic N) is 1. The van der Waals surface area contributed by atoms with Gasteiger partial charge in [-0.15, -0.1) is 0 Å². The highest BCUT2D eigenvalue weighted by Gasteiger charge is 2.28. The summed E-state index contributed by atoms with van der Waals surface area (Å²) >= 11 is 0. The molecule has 2 saturated carbocycles. The van der Waals surface area contributed by atoms with Gasteiger partial charge in [0.2, 0.25) is 0 Å². The van der Waals surface area contributed by atoms with E-state index in [0.717, 1.165) is 24.2 Å². The molecule has 0 spiro atoms. The minimum absolute atomic E-state index is 0.263. The Hall–Kier alpha value is -0.510. The van der Waals surface area contributed by atoms with Crippen LogP contribution in [0.25, 0.3) is 0 Å². The van der Waals surface area contributed by atoms with E-state index < -0.39 is 0 Å². The largest absolute Gasteiger partial charge is 0.198 e. The predicted octanol–water partition coefficient (Wildman–Crippen LogP) is 5.70. The molecule has 108 valence electrons. The summed E-state index contributed by atoms with van der Waals surface area (Å²) in [5.74, 6) is 3.38. The van der Waals surface area contributed by atoms with E-state index in [1.165, 1.54) is 70.6 Å². The van der Waals surface area contributed by atoms with Crippen LogP contribution < -0.4 is 0 Å². The van der Waals surface area contributed by atoms with Crippen LogP contribution in [0.4, 0.5) is 0 Å². The molecule has 0 amide bonds. The van der Waals surface area contributed by atoms with Crippen molar-refractivity contribution in [1.29, 1.82) is 5.26 Å². The van der Waals surface area contributed by atoms with Crippen LogP contribution >= 0.6 is 0 Å². The molecule has 2 rings (SSSR count). The molecule has 0 aromatic heterocycles. The summed E-state index contributed by atoms with van der Waals surface area (Å²) in [6.07, 6.45) is 17.2. The van der Waals surface area contributed by atoms with Gasteiger partial charge in [-0.3, -0.25) is 0 Å². The molecular formula is C18H31N. The van der Waals surface area contributed by atoms with Crippen molar-refractivity contribution in [2.75, 3.05) is 0 Å². The van der Waals surface area contributed by atoms with Gasteiger partial charge in [-0.05, 0) is 43.9 Å². The van der Waals surface area contributed by atoms with Crippen molar-refractivity contribution in [3.05, 3.63) is 0 Å². The van der Waals surface area contributed by atoms with Crippen LogP contribution in [0.3, 0.4) is 0 Å². The Morgan fingerprint density at radius 3 is 2.21 bits per heavy atom. The van der Waals surface area contributed by atoms with Gasteiger partial charge in [0.15, 0.2) is 0 Å². The van der Waals surface area contributed by atoms with Crippen molar-refractivity contribution < 1.29 is 0 Å². The molecule has 0 saturated heterocycles. The zero-order valence-electron chi connectivity index (χ0n) is 12.7. The molecule has 0 aliphatic heterocycles. The number of hydrogen-bond donors (Lipinski definition) is 0. The first-order valence-corrected chi connectivity index (χ1v) is 8.69. The van der Waals surface area contributed by atoms with Gasteiger partial charge in [-0.1, -0.05) is 57.8 Å². The summed E-state index contributed by atoms with van der Waals surface area (Å²) < 4.78 is 0. The van der Waals surface area contributed by atoms with E-state index in [9.17, 15) is 0 Å². The fraction of sp³-hybridized carbons (Fsp3) is 0.944. The average Bonchev–Trinajstić information content (AvgIpc) is 2.48. The zero-order valence-corrected chi connectivity index (χ0v) is 12.7. The third-order valence-electron chi connectivity index (χ3n) is 5.68. The fourth-order valence-corrected chi connectivity index (χ4v) is 4.33. The molecule has 0 N–H and O–H groups in total. The quantitative estimate of drug-likeness (QED) is 0.622. The molecule has 0 radical (unpaired) electrons. The van der Waals surface area contributed by atoms with E-state index in [2.05, 4.69) is 13.0 Å². The second-order valence-corrected chi connectivity index (χ2v) is 7.14. The summed E-state index contributed by atoms with van der Waals surface area (Å²) in [6, 6.07) is 2.35. The molecular weight excluding hydrogens is 230 g/mol. The summed E-state index contributed by atoms with van der Waals surface area (Å²) in [6.45, 7) is 2.06. The molecule has 0 heterocycles. The molecule has 19 heavy (non-hydrogen) atoms. The van der Waals surface area contributed by atoms with E-state index in [0.29, 0.717) is 0 Å². The van der Waals surface area contributed by atoms with Gasteiger partial charge in [-0.2, -0.15) is 5.26 Å². The van der Waals surface area contributed by atoms with Crippen LogP contribution in [0.15, 0.2) is 0 Å². The van der Waals surface area contributed by atoms with E-state index in [1.54, 1.807) is 0 Å². The smallest absolute Gasteiger partial charge is 0.0652 e. The van der Waals surface area contributed by atoms with Crippen LogP contribution in [-0.2, 0) is 0 Å². The molecule has 1 heteroatoms. The summed E-state index contributed by atoms with van der Waals surface area (Å²) in [5.41, 5.74) is 0. The molecule has 0 aromatic carbocycles. The Morgan fingerprint density at radius 2 is 1.58 bits per heavy atom. The van der Waals surface area contributed by atoms with E-state index in [-0.39, 0.29) is 5.92 Å². The van der Waals surface area contributed by atoms with Crippen molar-refractivity contribution in [3.8, 4) is 6.07 Å². The van der Waals surface area contributed by atoms with Gasteiger partial charge < -0.3 is 0 Å². The van der Waals surface area contributed by atoms with Crippen molar-refractivity contribution in [2.45, 2.75) is 84.0 Å². The maximum Gasteiger partial charge on any atom is 0.0652 e. The van der Waals surface area contributed by atoms with Gasteiger partial charge >= 0.3 is 0 Å². The van der Waals surface area contributed by atoms with Gasteiger partial charge in [0.25, 0.3) is 0 Å². The normalized spacial score (nSPS) is 30.7. The standard InChI is InChI=1S/C18H31N/c1-15(14-19)6-5-7-16-10-12-18(13-11-16)17-8-3-2-4-9-17/h15-18H,2-13H2,1H3/t15?,16-,18-. The molecule has 2 aliphatic carbocycles. The first-order chi connectivity index (χ1) is 9.29. The lowest BCUT2D eigenvalue weighted by molar-refractivity contribution is 0.162. The van der Waals surface area contributed by atoms with Gasteiger partial charge in [0, 0.05) is 5.92 Å². The Labute approximate surface area is 119 Å². The third kappa shape index (κ3) is 4.83. The van der Waals surface area contributed by atoms with Crippen LogP contribution in [-0.4, -0.2) is 0 Å². The maximum atomic E-state index is 8.80. The maximum absolute atomic E-state index is 8.80. The highest BCUT2D eigenvalue weighted by atomic mass is 14.3. The second-order valence-electron chi connectivity index (χ2n) is 7.14. The first kappa shape index (κ1) is 14.9. The number of nitriles is 1. The average molecular weight is 261 g/mol. The van der Waals surface area contributed by atoms with Gasteiger partial charge in [-0.25, -0.2) is 0 Å². The minimum Gasteiger partial charge on any atom is -0.198 e. The Kier molecular flexibility index (Phi) is 6.21. The van der Waals surface area contributed by atoms with E-state index in [1.807, 2.05) is 0 Å². The van der Waals surface area contributed by atoms with Gasteiger partial charge in [0.05, 0.1) is 6.07 Å². The lowest BCUT2D eigenvalue weighted by Crippen LogP contribution is -2.23. The Bertz CT molecular complexity index is 277. The fourth-order valence-electron chi connectivity index (χ4n) is 4.33. The highest BCUT2D eigenvalue weighted by molar-refractivity contribution is 4.81. The summed E-state index contributed by atoms with van der Waals surface area (Å²) in [5, 5.41) is 8.80. The van der Waals surface area contributed by atoms with E-state index >= 15 is 0 Å².